The van der Waals surface area contributed by atoms with Gasteiger partial charge in [0, 0.05) is 5.69 Å². The first-order chi connectivity index (χ1) is 9.95. The van der Waals surface area contributed by atoms with Crippen LogP contribution in [-0.2, 0) is 11.2 Å². The van der Waals surface area contributed by atoms with Gasteiger partial charge in [-0.1, -0.05) is 19.9 Å². The maximum atomic E-state index is 13.8. The van der Waals surface area contributed by atoms with Crippen molar-refractivity contribution in [3.8, 4) is 0 Å². The van der Waals surface area contributed by atoms with E-state index >= 15 is 0 Å². The molecule has 2 aromatic rings. The number of aryl methyl sites for hydroxylation is 1. The first-order valence-corrected chi connectivity index (χ1v) is 6.84. The Labute approximate surface area is 123 Å². The number of carbonyl (C=O) groups is 1. The number of hydrogen-bond donors (Lipinski definition) is 1. The number of carbonyl (C=O) groups excluding carboxylic acids is 1. The predicted molar refractivity (Wildman–Crippen MR) is 79.6 cm³/mol. The van der Waals surface area contributed by atoms with Crippen LogP contribution in [0.5, 0.6) is 0 Å². The van der Waals surface area contributed by atoms with Crippen LogP contribution in [0.4, 0.5) is 10.1 Å². The van der Waals surface area contributed by atoms with E-state index in [1.165, 1.54) is 6.07 Å². The zero-order chi connectivity index (χ0) is 15.4. The lowest BCUT2D eigenvalue weighted by molar-refractivity contribution is -0.115. The second-order valence-electron chi connectivity index (χ2n) is 5.28. The third kappa shape index (κ3) is 4.08. The van der Waals surface area contributed by atoms with Gasteiger partial charge in [0.1, 0.15) is 5.82 Å². The van der Waals surface area contributed by atoms with Crippen LogP contribution < -0.4 is 5.32 Å². The van der Waals surface area contributed by atoms with E-state index in [1.54, 1.807) is 24.3 Å². The van der Waals surface area contributed by atoms with Crippen molar-refractivity contribution >= 4 is 11.6 Å². The molecule has 4 nitrogen and oxygen atoms in total. The average Bonchev–Trinajstić information content (AvgIpc) is 2.41. The van der Waals surface area contributed by atoms with Gasteiger partial charge in [0.05, 0.1) is 17.8 Å². The first-order valence-electron chi connectivity index (χ1n) is 6.84. The molecule has 0 aliphatic heterocycles. The highest BCUT2D eigenvalue weighted by Crippen LogP contribution is 2.21. The van der Waals surface area contributed by atoms with Gasteiger partial charge in [-0.2, -0.15) is 10.2 Å². The van der Waals surface area contributed by atoms with Crippen molar-refractivity contribution in [2.24, 2.45) is 0 Å². The summed E-state index contributed by atoms with van der Waals surface area (Å²) in [5.74, 6) is -0.444. The van der Waals surface area contributed by atoms with Crippen molar-refractivity contribution in [1.82, 2.24) is 10.2 Å². The Balaban J connectivity index is 2.02. The average molecular weight is 287 g/mol. The molecule has 0 aliphatic rings. The van der Waals surface area contributed by atoms with E-state index in [9.17, 15) is 9.18 Å². The molecule has 5 heteroatoms. The van der Waals surface area contributed by atoms with Crippen LogP contribution in [0.3, 0.4) is 0 Å². The minimum atomic E-state index is -0.307. The molecular formula is C16H18FN3O. The second kappa shape index (κ2) is 6.43. The van der Waals surface area contributed by atoms with Crippen LogP contribution in [-0.4, -0.2) is 16.1 Å². The number of amides is 1. The maximum absolute atomic E-state index is 13.8. The van der Waals surface area contributed by atoms with Crippen molar-refractivity contribution in [3.05, 3.63) is 53.1 Å². The molecule has 1 aromatic carbocycles. The lowest BCUT2D eigenvalue weighted by Gasteiger charge is -2.10. The highest BCUT2D eigenvalue weighted by molar-refractivity contribution is 5.92. The van der Waals surface area contributed by atoms with E-state index in [0.717, 1.165) is 5.69 Å². The van der Waals surface area contributed by atoms with E-state index in [1.807, 2.05) is 20.8 Å². The molecule has 0 fully saturated rings. The van der Waals surface area contributed by atoms with Gasteiger partial charge in [0.25, 0.3) is 0 Å². The van der Waals surface area contributed by atoms with Gasteiger partial charge in [0.2, 0.25) is 5.91 Å². The highest BCUT2D eigenvalue weighted by Gasteiger charge is 2.10. The quantitative estimate of drug-likeness (QED) is 0.939. The number of nitrogens with zero attached hydrogens (tertiary/aromatic N) is 2. The van der Waals surface area contributed by atoms with Crippen LogP contribution >= 0.6 is 0 Å². The Morgan fingerprint density at radius 2 is 2.00 bits per heavy atom. The number of hydrogen-bond acceptors (Lipinski definition) is 3. The normalized spacial score (nSPS) is 10.7. The Morgan fingerprint density at radius 1 is 1.24 bits per heavy atom. The monoisotopic (exact) mass is 287 g/mol. The van der Waals surface area contributed by atoms with E-state index in [4.69, 9.17) is 0 Å². The molecule has 2 rings (SSSR count). The number of halogens is 1. The van der Waals surface area contributed by atoms with Gasteiger partial charge in [-0.3, -0.25) is 4.79 Å². The van der Waals surface area contributed by atoms with E-state index in [2.05, 4.69) is 15.5 Å². The molecule has 1 N–H and O–H groups in total. The van der Waals surface area contributed by atoms with Crippen LogP contribution in [0.25, 0.3) is 0 Å². The summed E-state index contributed by atoms with van der Waals surface area (Å²) in [6, 6.07) is 8.30. The van der Waals surface area contributed by atoms with Crippen LogP contribution in [0.15, 0.2) is 30.3 Å². The molecule has 0 saturated heterocycles. The number of aromatic nitrogens is 2. The minimum absolute atomic E-state index is 0.109. The summed E-state index contributed by atoms with van der Waals surface area (Å²) in [6.45, 7) is 5.68. The second-order valence-corrected chi connectivity index (χ2v) is 5.28. The van der Waals surface area contributed by atoms with Crippen molar-refractivity contribution in [2.45, 2.75) is 33.1 Å². The van der Waals surface area contributed by atoms with Crippen molar-refractivity contribution < 1.29 is 9.18 Å². The summed E-state index contributed by atoms with van der Waals surface area (Å²) < 4.78 is 13.8. The minimum Gasteiger partial charge on any atom is -0.326 e. The molecule has 0 spiro atoms. The van der Waals surface area contributed by atoms with Gasteiger partial charge in [0.15, 0.2) is 0 Å². The third-order valence-corrected chi connectivity index (χ3v) is 3.10. The van der Waals surface area contributed by atoms with E-state index in [-0.39, 0.29) is 24.1 Å². The summed E-state index contributed by atoms with van der Waals surface area (Å²) in [5, 5.41) is 10.5. The molecule has 0 atom stereocenters. The fraction of sp³-hybridized carbons (Fsp3) is 0.312. The van der Waals surface area contributed by atoms with Gasteiger partial charge in [-0.15, -0.1) is 0 Å². The summed E-state index contributed by atoms with van der Waals surface area (Å²) in [4.78, 5) is 11.9. The van der Waals surface area contributed by atoms with Crippen molar-refractivity contribution in [2.75, 3.05) is 5.32 Å². The number of nitrogens with one attached hydrogen (secondary N) is 1. The summed E-state index contributed by atoms with van der Waals surface area (Å²) in [6.07, 6.45) is 0.112. The molecule has 1 aromatic heterocycles. The molecule has 1 amide bonds. The lowest BCUT2D eigenvalue weighted by atomic mass is 10.0. The van der Waals surface area contributed by atoms with Crippen molar-refractivity contribution in [1.29, 1.82) is 0 Å². The van der Waals surface area contributed by atoms with Gasteiger partial charge < -0.3 is 5.32 Å². The summed E-state index contributed by atoms with van der Waals surface area (Å²) in [7, 11) is 0. The molecular weight excluding hydrogens is 269 g/mol. The fourth-order valence-electron chi connectivity index (χ4n) is 1.96. The Kier molecular flexibility index (Phi) is 4.62. The number of anilines is 1. The molecule has 0 bridgehead atoms. The summed E-state index contributed by atoms with van der Waals surface area (Å²) >= 11 is 0. The molecule has 110 valence electrons. The highest BCUT2D eigenvalue weighted by atomic mass is 19.1. The smallest absolute Gasteiger partial charge is 0.230 e. The lowest BCUT2D eigenvalue weighted by Crippen LogP contribution is -2.15. The van der Waals surface area contributed by atoms with Gasteiger partial charge >= 0.3 is 0 Å². The topological polar surface area (TPSA) is 54.9 Å². The molecule has 0 unspecified atom stereocenters. The van der Waals surface area contributed by atoms with Gasteiger partial charge in [-0.05, 0) is 42.7 Å². The van der Waals surface area contributed by atoms with E-state index in [0.29, 0.717) is 16.9 Å². The SMILES string of the molecule is Cc1ccc(CC(=O)Nc2ccc(C(C)C)c(F)c2)nn1. The molecule has 1 heterocycles. The molecule has 0 radical (unpaired) electrons. The summed E-state index contributed by atoms with van der Waals surface area (Å²) in [5.41, 5.74) is 2.46. The third-order valence-electron chi connectivity index (χ3n) is 3.10. The fourth-order valence-corrected chi connectivity index (χ4v) is 1.96. The molecule has 21 heavy (non-hydrogen) atoms. The first kappa shape index (κ1) is 15.1. The standard InChI is InChI=1S/C16H18FN3O/c1-10(2)14-7-6-12(8-15(14)17)18-16(21)9-13-5-4-11(3)19-20-13/h4-8,10H,9H2,1-3H3,(H,18,21). The Bertz CT molecular complexity index is 638. The van der Waals surface area contributed by atoms with Crippen LogP contribution in [0, 0.1) is 12.7 Å². The maximum Gasteiger partial charge on any atom is 0.230 e. The zero-order valence-corrected chi connectivity index (χ0v) is 12.4. The molecule has 0 saturated carbocycles. The number of rotatable bonds is 4. The zero-order valence-electron chi connectivity index (χ0n) is 12.4. The Hall–Kier alpha value is -2.30. The molecule has 0 aliphatic carbocycles. The van der Waals surface area contributed by atoms with Gasteiger partial charge in [-0.25, -0.2) is 4.39 Å². The largest absolute Gasteiger partial charge is 0.326 e. The van der Waals surface area contributed by atoms with Crippen LogP contribution in [0.1, 0.15) is 36.7 Å². The van der Waals surface area contributed by atoms with Crippen LogP contribution in [0.2, 0.25) is 0 Å². The van der Waals surface area contributed by atoms with E-state index < -0.39 is 0 Å². The Morgan fingerprint density at radius 3 is 2.57 bits per heavy atom. The number of benzene rings is 1. The van der Waals surface area contributed by atoms with Crippen molar-refractivity contribution in [3.63, 3.8) is 0 Å². The predicted octanol–water partition coefficient (Wildman–Crippen LogP) is 3.23.